The van der Waals surface area contributed by atoms with E-state index in [2.05, 4.69) is 5.32 Å². The number of carbonyl (C=O) groups excluding carboxylic acids is 1. The van der Waals surface area contributed by atoms with Crippen molar-refractivity contribution in [3.8, 4) is 0 Å². The number of hydrogen-bond donors (Lipinski definition) is 1. The summed E-state index contributed by atoms with van der Waals surface area (Å²) in [5.41, 5.74) is 0.648. The standard InChI is InChI=1S/C14H15F4NO/c15-11-5-1-9(2-6-11)8-19-13(20)7-12(10-3-4-10)14(16,17)18/h1-2,5-6,10,12H,3-4,7-8H2,(H,19,20)/t12-/m1/s1. The molecule has 0 unspecified atom stereocenters. The molecule has 110 valence electrons. The molecule has 1 aromatic carbocycles. The van der Waals surface area contributed by atoms with Crippen molar-refractivity contribution in [2.75, 3.05) is 0 Å². The summed E-state index contributed by atoms with van der Waals surface area (Å²) in [6.07, 6.45) is -3.78. The van der Waals surface area contributed by atoms with Gasteiger partial charge in [-0.05, 0) is 36.5 Å². The molecule has 1 fully saturated rings. The third kappa shape index (κ3) is 4.21. The van der Waals surface area contributed by atoms with Gasteiger partial charge in [0.2, 0.25) is 5.91 Å². The second-order valence-electron chi connectivity index (χ2n) is 5.09. The summed E-state index contributed by atoms with van der Waals surface area (Å²) in [6.45, 7) is 0.106. The molecule has 1 aliphatic carbocycles. The quantitative estimate of drug-likeness (QED) is 0.827. The number of nitrogens with one attached hydrogen (secondary N) is 1. The molecule has 0 saturated heterocycles. The van der Waals surface area contributed by atoms with Gasteiger partial charge in [0.25, 0.3) is 0 Å². The maximum absolute atomic E-state index is 12.8. The van der Waals surface area contributed by atoms with Crippen LogP contribution in [0.5, 0.6) is 0 Å². The molecular formula is C14H15F4NO. The Morgan fingerprint density at radius 1 is 1.25 bits per heavy atom. The van der Waals surface area contributed by atoms with Crippen molar-refractivity contribution >= 4 is 5.91 Å². The minimum atomic E-state index is -4.33. The zero-order chi connectivity index (χ0) is 14.8. The van der Waals surface area contributed by atoms with E-state index in [1.54, 1.807) is 0 Å². The molecule has 0 bridgehead atoms. The summed E-state index contributed by atoms with van der Waals surface area (Å²) in [5, 5.41) is 2.44. The van der Waals surface area contributed by atoms with Crippen LogP contribution in [-0.4, -0.2) is 12.1 Å². The van der Waals surface area contributed by atoms with Crippen LogP contribution in [0.2, 0.25) is 0 Å². The molecule has 0 heterocycles. The highest BCUT2D eigenvalue weighted by atomic mass is 19.4. The van der Waals surface area contributed by atoms with Crippen molar-refractivity contribution in [2.45, 2.75) is 32.0 Å². The third-order valence-electron chi connectivity index (χ3n) is 3.42. The summed E-state index contributed by atoms with van der Waals surface area (Å²) in [5.74, 6) is -2.98. The Hall–Kier alpha value is -1.59. The van der Waals surface area contributed by atoms with Gasteiger partial charge in [0.15, 0.2) is 0 Å². The van der Waals surface area contributed by atoms with Gasteiger partial charge in [-0.15, -0.1) is 0 Å². The van der Waals surface area contributed by atoms with Gasteiger partial charge in [-0.3, -0.25) is 4.79 Å². The van der Waals surface area contributed by atoms with Gasteiger partial charge >= 0.3 is 6.18 Å². The predicted molar refractivity (Wildman–Crippen MR) is 65.1 cm³/mol. The van der Waals surface area contributed by atoms with Gasteiger partial charge < -0.3 is 5.32 Å². The molecule has 0 aromatic heterocycles. The first kappa shape index (κ1) is 14.8. The van der Waals surface area contributed by atoms with Gasteiger partial charge in [-0.2, -0.15) is 13.2 Å². The Morgan fingerprint density at radius 2 is 1.85 bits per heavy atom. The van der Waals surface area contributed by atoms with Crippen LogP contribution in [0.25, 0.3) is 0 Å². The van der Waals surface area contributed by atoms with Crippen molar-refractivity contribution < 1.29 is 22.4 Å². The molecule has 0 aliphatic heterocycles. The SMILES string of the molecule is O=C(C[C@H](C1CC1)C(F)(F)F)NCc1ccc(F)cc1. The number of amides is 1. The third-order valence-corrected chi connectivity index (χ3v) is 3.42. The van der Waals surface area contributed by atoms with Crippen LogP contribution < -0.4 is 5.32 Å². The molecule has 6 heteroatoms. The second-order valence-corrected chi connectivity index (χ2v) is 5.09. The van der Waals surface area contributed by atoms with Crippen molar-refractivity contribution in [1.82, 2.24) is 5.32 Å². The lowest BCUT2D eigenvalue weighted by Crippen LogP contribution is -2.32. The highest BCUT2D eigenvalue weighted by Crippen LogP contribution is 2.46. The Balaban J connectivity index is 1.84. The van der Waals surface area contributed by atoms with Gasteiger partial charge in [0.1, 0.15) is 5.82 Å². The molecular weight excluding hydrogens is 274 g/mol. The lowest BCUT2D eigenvalue weighted by molar-refractivity contribution is -0.184. The minimum absolute atomic E-state index is 0.106. The first-order valence-corrected chi connectivity index (χ1v) is 6.44. The first-order valence-electron chi connectivity index (χ1n) is 6.44. The summed E-state index contributed by atoms with van der Waals surface area (Å²) in [7, 11) is 0. The number of carbonyl (C=O) groups is 1. The lowest BCUT2D eigenvalue weighted by Gasteiger charge is -2.19. The normalized spacial score (nSPS) is 16.8. The van der Waals surface area contributed by atoms with Crippen molar-refractivity contribution in [3.63, 3.8) is 0 Å². The van der Waals surface area contributed by atoms with Gasteiger partial charge in [0.05, 0.1) is 5.92 Å². The topological polar surface area (TPSA) is 29.1 Å². The second kappa shape index (κ2) is 5.81. The summed E-state index contributed by atoms with van der Waals surface area (Å²) >= 11 is 0. The molecule has 1 N–H and O–H groups in total. The molecule has 2 rings (SSSR count). The minimum Gasteiger partial charge on any atom is -0.352 e. The Kier molecular flexibility index (Phi) is 4.30. The number of halogens is 4. The van der Waals surface area contributed by atoms with E-state index < -0.39 is 36.2 Å². The zero-order valence-electron chi connectivity index (χ0n) is 10.7. The van der Waals surface area contributed by atoms with Crippen LogP contribution in [0.3, 0.4) is 0 Å². The summed E-state index contributed by atoms with van der Waals surface area (Å²) in [6, 6.07) is 5.45. The maximum atomic E-state index is 12.8. The molecule has 2 nitrogen and oxygen atoms in total. The molecule has 20 heavy (non-hydrogen) atoms. The van der Waals surface area contributed by atoms with Crippen molar-refractivity contribution in [2.24, 2.45) is 11.8 Å². The van der Waals surface area contributed by atoms with Crippen molar-refractivity contribution in [1.29, 1.82) is 0 Å². The van der Waals surface area contributed by atoms with E-state index in [-0.39, 0.29) is 6.54 Å². The Morgan fingerprint density at radius 3 is 2.35 bits per heavy atom. The average molecular weight is 289 g/mol. The van der Waals surface area contributed by atoms with Crippen LogP contribution in [0.1, 0.15) is 24.8 Å². The molecule has 0 spiro atoms. The Labute approximate surface area is 114 Å². The van der Waals surface area contributed by atoms with E-state index >= 15 is 0 Å². The van der Waals surface area contributed by atoms with E-state index in [0.29, 0.717) is 18.4 Å². The fourth-order valence-corrected chi connectivity index (χ4v) is 2.12. The van der Waals surface area contributed by atoms with Gasteiger partial charge in [-0.25, -0.2) is 4.39 Å². The largest absolute Gasteiger partial charge is 0.392 e. The summed E-state index contributed by atoms with van der Waals surface area (Å²) in [4.78, 5) is 11.6. The van der Waals surface area contributed by atoms with Crippen LogP contribution in [0.4, 0.5) is 17.6 Å². The molecule has 1 saturated carbocycles. The molecule has 0 radical (unpaired) electrons. The first-order chi connectivity index (χ1) is 9.36. The number of hydrogen-bond acceptors (Lipinski definition) is 1. The predicted octanol–water partition coefficient (Wildman–Crippen LogP) is 3.42. The summed E-state index contributed by atoms with van der Waals surface area (Å²) < 4.78 is 50.9. The maximum Gasteiger partial charge on any atom is 0.392 e. The van der Waals surface area contributed by atoms with Gasteiger partial charge in [-0.1, -0.05) is 12.1 Å². The molecule has 1 aromatic rings. The fourth-order valence-electron chi connectivity index (χ4n) is 2.12. The highest BCUT2D eigenvalue weighted by Gasteiger charge is 2.49. The van der Waals surface area contributed by atoms with Crippen molar-refractivity contribution in [3.05, 3.63) is 35.6 Å². The fraction of sp³-hybridized carbons (Fsp3) is 0.500. The van der Waals surface area contributed by atoms with Crippen LogP contribution in [0.15, 0.2) is 24.3 Å². The van der Waals surface area contributed by atoms with E-state index in [9.17, 15) is 22.4 Å². The highest BCUT2D eigenvalue weighted by molar-refractivity contribution is 5.76. The van der Waals surface area contributed by atoms with Gasteiger partial charge in [0, 0.05) is 13.0 Å². The number of rotatable bonds is 5. The van der Waals surface area contributed by atoms with Crippen LogP contribution in [-0.2, 0) is 11.3 Å². The Bertz CT molecular complexity index is 465. The van der Waals surface area contributed by atoms with E-state index in [4.69, 9.17) is 0 Å². The van der Waals surface area contributed by atoms with Crippen LogP contribution >= 0.6 is 0 Å². The number of alkyl halides is 3. The van der Waals surface area contributed by atoms with E-state index in [0.717, 1.165) is 0 Å². The lowest BCUT2D eigenvalue weighted by atomic mass is 9.98. The monoisotopic (exact) mass is 289 g/mol. The zero-order valence-corrected chi connectivity index (χ0v) is 10.7. The molecule has 1 amide bonds. The average Bonchev–Trinajstić information content (AvgIpc) is 3.18. The van der Waals surface area contributed by atoms with E-state index in [1.807, 2.05) is 0 Å². The van der Waals surface area contributed by atoms with E-state index in [1.165, 1.54) is 24.3 Å². The van der Waals surface area contributed by atoms with Crippen LogP contribution in [0, 0.1) is 17.7 Å². The molecule has 1 aliphatic rings. The molecule has 1 atom stereocenters. The smallest absolute Gasteiger partial charge is 0.352 e. The number of benzene rings is 1.